The number of aliphatic hydroxyl groups excluding tert-OH is 2. The number of aromatic hydroxyl groups is 1. The maximum atomic E-state index is 13.4. The molecule has 0 saturated carbocycles. The van der Waals surface area contributed by atoms with Gasteiger partial charge in [0.2, 0.25) is 6.29 Å². The summed E-state index contributed by atoms with van der Waals surface area (Å²) in [7, 11) is 1.66. The number of aliphatic hydroxyl groups is 3. The summed E-state index contributed by atoms with van der Waals surface area (Å²) in [6, 6.07) is 2.56. The fourth-order valence-electron chi connectivity index (χ4n) is 4.74. The third-order valence-electron chi connectivity index (χ3n) is 6.61. The van der Waals surface area contributed by atoms with Crippen molar-refractivity contribution in [1.82, 2.24) is 9.88 Å². The first-order chi connectivity index (χ1) is 17.4. The van der Waals surface area contributed by atoms with E-state index in [9.17, 15) is 25.2 Å². The minimum atomic E-state index is -1.57. The summed E-state index contributed by atoms with van der Waals surface area (Å²) >= 11 is -0.750. The van der Waals surface area contributed by atoms with Crippen molar-refractivity contribution in [3.63, 3.8) is 0 Å². The Morgan fingerprint density at radius 2 is 1.95 bits per heavy atom. The number of benzene rings is 1. The number of phenolic OH excluding ortho intramolecular Hbond substituents is 1. The molecule has 1 aromatic heterocycles. The maximum Gasteiger partial charge on any atom is 0.335 e. The number of anilines is 1. The number of hydrogen-bond donors (Lipinski definition) is 6. The molecule has 3 heterocycles. The van der Waals surface area contributed by atoms with E-state index in [0.717, 1.165) is 5.56 Å². The SMILES string of the molecule is CC=Cc1cc2n(c1)C(=O)c1cc(OC3OC(C)C(NC)C(C)(O)C3O)c(C)c(O)c1NC2O.O=S=O. The summed E-state index contributed by atoms with van der Waals surface area (Å²) in [5, 5.41) is 48.9. The number of allylic oxidation sites excluding steroid dienone is 1. The van der Waals surface area contributed by atoms with Crippen LogP contribution < -0.4 is 15.4 Å². The lowest BCUT2D eigenvalue weighted by Gasteiger charge is -2.47. The number of carbonyl (C=O) groups is 1. The van der Waals surface area contributed by atoms with E-state index in [1.54, 1.807) is 39.2 Å². The highest BCUT2D eigenvalue weighted by Gasteiger charge is 2.52. The van der Waals surface area contributed by atoms with Gasteiger partial charge in [-0.05, 0) is 52.4 Å². The van der Waals surface area contributed by atoms with Gasteiger partial charge in [-0.2, -0.15) is 8.42 Å². The number of hydrogen-bond acceptors (Lipinski definition) is 11. The quantitative estimate of drug-likeness (QED) is 0.304. The number of fused-ring (bicyclic) bond motifs is 2. The Balaban J connectivity index is 0.00000121. The average molecular weight is 538 g/mol. The molecule has 1 fully saturated rings. The first-order valence-corrected chi connectivity index (χ1v) is 12.1. The lowest BCUT2D eigenvalue weighted by molar-refractivity contribution is -0.272. The number of nitrogens with zero attached hydrogens (tertiary/aromatic N) is 1. The molecule has 2 aromatic rings. The number of carbonyl (C=O) groups excluding carboxylic acids is 1. The lowest BCUT2D eigenvalue weighted by atomic mass is 9.84. The number of nitrogens with one attached hydrogen (secondary N) is 2. The maximum absolute atomic E-state index is 13.4. The van der Waals surface area contributed by atoms with Gasteiger partial charge in [-0.1, -0.05) is 12.2 Å². The molecule has 0 bridgehead atoms. The van der Waals surface area contributed by atoms with Gasteiger partial charge in [0, 0.05) is 11.8 Å². The number of ether oxygens (including phenoxy) is 2. The monoisotopic (exact) mass is 537 g/mol. The molecular weight excluding hydrogens is 506 g/mol. The van der Waals surface area contributed by atoms with E-state index in [1.165, 1.54) is 17.6 Å². The van der Waals surface area contributed by atoms with Gasteiger partial charge in [-0.15, -0.1) is 0 Å². The minimum absolute atomic E-state index is 0.0664. The van der Waals surface area contributed by atoms with Crippen molar-refractivity contribution in [2.24, 2.45) is 0 Å². The second-order valence-electron chi connectivity index (χ2n) is 9.02. The van der Waals surface area contributed by atoms with E-state index in [-0.39, 0.29) is 28.3 Å². The molecule has 0 spiro atoms. The fraction of sp³-hybridized carbons (Fsp3) is 0.458. The number of aromatic nitrogens is 1. The molecular formula is C24H31N3O9S. The Morgan fingerprint density at radius 3 is 2.54 bits per heavy atom. The van der Waals surface area contributed by atoms with Crippen molar-refractivity contribution in [3.05, 3.63) is 46.8 Å². The zero-order valence-corrected chi connectivity index (χ0v) is 21.8. The van der Waals surface area contributed by atoms with Crippen LogP contribution in [0.2, 0.25) is 0 Å². The zero-order chi connectivity index (χ0) is 27.7. The summed E-state index contributed by atoms with van der Waals surface area (Å²) in [6.45, 7) is 6.65. The van der Waals surface area contributed by atoms with Crippen molar-refractivity contribution in [2.45, 2.75) is 64.1 Å². The third-order valence-corrected chi connectivity index (χ3v) is 6.61. The van der Waals surface area contributed by atoms with Crippen LogP contribution in [0.4, 0.5) is 5.69 Å². The van der Waals surface area contributed by atoms with Crippen LogP contribution in [-0.4, -0.2) is 76.5 Å². The summed E-state index contributed by atoms with van der Waals surface area (Å²) in [5.41, 5.74) is -0.106. The first-order valence-electron chi connectivity index (χ1n) is 11.4. The van der Waals surface area contributed by atoms with Gasteiger partial charge < -0.3 is 40.5 Å². The predicted octanol–water partition coefficient (Wildman–Crippen LogP) is 0.793. The van der Waals surface area contributed by atoms with Crippen LogP contribution in [0.3, 0.4) is 0 Å². The third kappa shape index (κ3) is 5.19. The molecule has 0 aliphatic carbocycles. The molecule has 6 N–H and O–H groups in total. The van der Waals surface area contributed by atoms with Crippen molar-refractivity contribution < 1.29 is 43.1 Å². The molecule has 1 saturated heterocycles. The summed E-state index contributed by atoms with van der Waals surface area (Å²) in [5.74, 6) is -0.664. The molecule has 13 heteroatoms. The standard InChI is InChI=1S/C24H31N3O7.O2S/c1-6-7-13-8-15-21(30)26-17-14(22(31)27(15)10-13)9-16(11(2)18(17)28)34-23-20(29)24(4,32)19(25-5)12(3)33-23;1-3-2/h6-10,12,19-21,23,25-26,28-30,32H,1-5H3;. The molecule has 1 aromatic carbocycles. The largest absolute Gasteiger partial charge is 0.505 e. The Labute approximate surface area is 217 Å². The van der Waals surface area contributed by atoms with Gasteiger partial charge >= 0.3 is 11.6 Å². The average Bonchev–Trinajstić information content (AvgIpc) is 3.23. The van der Waals surface area contributed by atoms with E-state index >= 15 is 0 Å². The molecule has 0 radical (unpaired) electrons. The molecule has 0 amide bonds. The van der Waals surface area contributed by atoms with E-state index < -0.39 is 53.8 Å². The summed E-state index contributed by atoms with van der Waals surface area (Å²) in [6.07, 6.45) is 0.800. The second kappa shape index (κ2) is 11.1. The number of phenols is 1. The van der Waals surface area contributed by atoms with E-state index in [2.05, 4.69) is 10.6 Å². The molecule has 202 valence electrons. The Bertz CT molecular complexity index is 1240. The molecule has 6 atom stereocenters. The van der Waals surface area contributed by atoms with Crippen molar-refractivity contribution in [2.75, 3.05) is 12.4 Å². The van der Waals surface area contributed by atoms with Crippen LogP contribution in [-0.2, 0) is 16.3 Å². The van der Waals surface area contributed by atoms with E-state index in [0.29, 0.717) is 5.69 Å². The normalized spacial score (nSPS) is 28.9. The fourth-order valence-corrected chi connectivity index (χ4v) is 4.74. The van der Waals surface area contributed by atoms with Gasteiger partial charge in [0.05, 0.1) is 29.1 Å². The van der Waals surface area contributed by atoms with E-state index in [4.69, 9.17) is 17.9 Å². The first kappa shape index (κ1) is 28.5. The second-order valence-corrected chi connectivity index (χ2v) is 9.16. The van der Waals surface area contributed by atoms with Gasteiger partial charge in [0.1, 0.15) is 23.2 Å². The van der Waals surface area contributed by atoms with Crippen LogP contribution in [0.5, 0.6) is 11.5 Å². The van der Waals surface area contributed by atoms with Crippen LogP contribution in [0.1, 0.15) is 54.2 Å². The Hall–Kier alpha value is -3.07. The Kier molecular flexibility index (Phi) is 8.57. The highest BCUT2D eigenvalue weighted by molar-refractivity contribution is 7.51. The van der Waals surface area contributed by atoms with Gasteiger partial charge in [-0.3, -0.25) is 9.36 Å². The Morgan fingerprint density at radius 1 is 1.30 bits per heavy atom. The predicted molar refractivity (Wildman–Crippen MR) is 134 cm³/mol. The van der Waals surface area contributed by atoms with Crippen molar-refractivity contribution >= 4 is 29.2 Å². The van der Waals surface area contributed by atoms with Gasteiger partial charge in [-0.25, -0.2) is 0 Å². The molecule has 6 unspecified atom stereocenters. The molecule has 4 rings (SSSR count). The number of rotatable bonds is 4. The lowest BCUT2D eigenvalue weighted by Crippen LogP contribution is -2.69. The van der Waals surface area contributed by atoms with Crippen molar-refractivity contribution in [1.29, 1.82) is 0 Å². The molecule has 37 heavy (non-hydrogen) atoms. The van der Waals surface area contributed by atoms with Crippen LogP contribution in [0.15, 0.2) is 24.4 Å². The van der Waals surface area contributed by atoms with Crippen molar-refractivity contribution in [3.8, 4) is 11.5 Å². The summed E-state index contributed by atoms with van der Waals surface area (Å²) in [4.78, 5) is 13.4. The smallest absolute Gasteiger partial charge is 0.335 e. The van der Waals surface area contributed by atoms with Crippen LogP contribution in [0, 0.1) is 6.92 Å². The number of likely N-dealkylation sites (N-methyl/N-ethyl adjacent to an activating group) is 1. The summed E-state index contributed by atoms with van der Waals surface area (Å²) < 4.78 is 29.6. The highest BCUT2D eigenvalue weighted by atomic mass is 32.1. The highest BCUT2D eigenvalue weighted by Crippen LogP contribution is 2.43. The van der Waals surface area contributed by atoms with Gasteiger partial charge in [0.25, 0.3) is 5.91 Å². The zero-order valence-electron chi connectivity index (χ0n) is 21.0. The molecule has 2 aliphatic heterocycles. The minimum Gasteiger partial charge on any atom is -0.505 e. The molecule has 2 aliphatic rings. The van der Waals surface area contributed by atoms with Gasteiger partial charge in [0.15, 0.2) is 6.23 Å². The van der Waals surface area contributed by atoms with Crippen LogP contribution >= 0.6 is 0 Å². The van der Waals surface area contributed by atoms with E-state index in [1.807, 2.05) is 13.0 Å². The topological polar surface area (TPSA) is 180 Å². The van der Waals surface area contributed by atoms with Crippen LogP contribution in [0.25, 0.3) is 6.08 Å². The molecule has 12 nitrogen and oxygen atoms in total.